The van der Waals surface area contributed by atoms with E-state index in [0.717, 1.165) is 17.7 Å². The summed E-state index contributed by atoms with van der Waals surface area (Å²) in [6.45, 7) is 4.36. The first-order valence-corrected chi connectivity index (χ1v) is 10.5. The number of rotatable bonds is 4. The molecule has 3 amide bonds. The van der Waals surface area contributed by atoms with Crippen molar-refractivity contribution in [3.05, 3.63) is 83.0 Å². The molecule has 0 bridgehead atoms. The molecule has 0 saturated heterocycles. The lowest BCUT2D eigenvalue weighted by atomic mass is 10.0. The van der Waals surface area contributed by atoms with E-state index in [2.05, 4.69) is 33.0 Å². The van der Waals surface area contributed by atoms with Gasteiger partial charge in [-0.3, -0.25) is 9.89 Å². The maximum Gasteiger partial charge on any atom is 0.318 e. The lowest BCUT2D eigenvalue weighted by Gasteiger charge is -2.32. The Bertz CT molecular complexity index is 1120. The number of nitrogens with one attached hydrogen (secondary N) is 3. The van der Waals surface area contributed by atoms with Crippen LogP contribution in [0.15, 0.2) is 60.7 Å². The molecule has 1 aliphatic heterocycles. The first-order valence-electron chi connectivity index (χ1n) is 10.5. The van der Waals surface area contributed by atoms with E-state index in [9.17, 15) is 9.59 Å². The van der Waals surface area contributed by atoms with Gasteiger partial charge in [0, 0.05) is 23.1 Å². The van der Waals surface area contributed by atoms with Gasteiger partial charge in [0.05, 0.1) is 17.8 Å². The zero-order valence-electron chi connectivity index (χ0n) is 17.6. The summed E-state index contributed by atoms with van der Waals surface area (Å²) in [6.07, 6.45) is 0.954. The molecule has 5 rings (SSSR count). The van der Waals surface area contributed by atoms with Crippen LogP contribution in [0.5, 0.6) is 0 Å². The van der Waals surface area contributed by atoms with Crippen LogP contribution in [0.25, 0.3) is 0 Å². The Balaban J connectivity index is 1.28. The van der Waals surface area contributed by atoms with Crippen LogP contribution in [0.1, 0.15) is 53.4 Å². The number of anilines is 1. The van der Waals surface area contributed by atoms with Crippen LogP contribution in [-0.2, 0) is 12.1 Å². The standard InChI is InChI=1S/C24H25N5O2/c1-24(2)20-18(21(28-27-20)26-22(30)16-11-7-4-8-12-16)14-29(24)23(31)25-19-13-17(19)15-9-5-3-6-10-15/h3-12,17,19H,13-14H2,1-2H3,(H,25,31)(H2,26,27,28,30)/t17-,19+/m0/s1. The summed E-state index contributed by atoms with van der Waals surface area (Å²) in [5.74, 6) is 0.621. The molecule has 2 atom stereocenters. The molecular weight excluding hydrogens is 390 g/mol. The van der Waals surface area contributed by atoms with Crippen LogP contribution in [0.2, 0.25) is 0 Å². The number of hydrogen-bond acceptors (Lipinski definition) is 3. The van der Waals surface area contributed by atoms with E-state index in [-0.39, 0.29) is 18.0 Å². The Morgan fingerprint density at radius 3 is 2.45 bits per heavy atom. The molecule has 2 aliphatic rings. The van der Waals surface area contributed by atoms with Gasteiger partial charge in [0.15, 0.2) is 5.82 Å². The quantitative estimate of drug-likeness (QED) is 0.602. The highest BCUT2D eigenvalue weighted by atomic mass is 16.2. The number of hydrogen-bond donors (Lipinski definition) is 3. The normalized spacial score (nSPS) is 20.8. The highest BCUT2D eigenvalue weighted by molar-refractivity contribution is 6.04. The molecule has 0 spiro atoms. The Kier molecular flexibility index (Phi) is 4.54. The van der Waals surface area contributed by atoms with E-state index < -0.39 is 5.54 Å². The van der Waals surface area contributed by atoms with Gasteiger partial charge in [-0.15, -0.1) is 0 Å². The number of urea groups is 1. The van der Waals surface area contributed by atoms with Gasteiger partial charge in [-0.05, 0) is 38.0 Å². The minimum Gasteiger partial charge on any atom is -0.335 e. The number of carbonyl (C=O) groups is 2. The van der Waals surface area contributed by atoms with Crippen LogP contribution in [-0.4, -0.2) is 33.1 Å². The van der Waals surface area contributed by atoms with E-state index in [4.69, 9.17) is 0 Å². The molecule has 1 fully saturated rings. The summed E-state index contributed by atoms with van der Waals surface area (Å²) < 4.78 is 0. The second-order valence-electron chi connectivity index (χ2n) is 8.70. The molecule has 158 valence electrons. The SMILES string of the molecule is CC1(C)c2[nH]nc(NC(=O)c3ccccc3)c2CN1C(=O)N[C@@H]1C[C@H]1c1ccccc1. The Labute approximate surface area is 180 Å². The Morgan fingerprint density at radius 2 is 1.74 bits per heavy atom. The number of benzene rings is 2. The summed E-state index contributed by atoms with van der Waals surface area (Å²) >= 11 is 0. The molecule has 7 heteroatoms. The minimum absolute atomic E-state index is 0.0987. The van der Waals surface area contributed by atoms with Gasteiger partial charge in [-0.1, -0.05) is 48.5 Å². The van der Waals surface area contributed by atoms with Gasteiger partial charge >= 0.3 is 6.03 Å². The monoisotopic (exact) mass is 415 g/mol. The highest BCUT2D eigenvalue weighted by Gasteiger charge is 2.46. The smallest absolute Gasteiger partial charge is 0.318 e. The number of H-pyrrole nitrogens is 1. The van der Waals surface area contributed by atoms with Crippen molar-refractivity contribution in [2.75, 3.05) is 5.32 Å². The zero-order chi connectivity index (χ0) is 21.6. The van der Waals surface area contributed by atoms with Crippen LogP contribution in [0.4, 0.5) is 10.6 Å². The van der Waals surface area contributed by atoms with Gasteiger partial charge in [-0.25, -0.2) is 4.79 Å². The van der Waals surface area contributed by atoms with Crippen molar-refractivity contribution in [1.82, 2.24) is 20.4 Å². The van der Waals surface area contributed by atoms with Crippen molar-refractivity contribution in [1.29, 1.82) is 0 Å². The summed E-state index contributed by atoms with van der Waals surface area (Å²) in [5.41, 5.74) is 2.96. The second-order valence-corrected chi connectivity index (χ2v) is 8.70. The first-order chi connectivity index (χ1) is 14.9. The predicted molar refractivity (Wildman–Crippen MR) is 118 cm³/mol. The fourth-order valence-electron chi connectivity index (χ4n) is 4.37. The highest BCUT2D eigenvalue weighted by Crippen LogP contribution is 2.43. The fourth-order valence-corrected chi connectivity index (χ4v) is 4.37. The lowest BCUT2D eigenvalue weighted by Crippen LogP contribution is -2.47. The number of fused-ring (bicyclic) bond motifs is 1. The fraction of sp³-hybridized carbons (Fsp3) is 0.292. The van der Waals surface area contributed by atoms with Gasteiger partial charge in [-0.2, -0.15) is 5.10 Å². The van der Waals surface area contributed by atoms with Crippen molar-refractivity contribution in [2.24, 2.45) is 0 Å². The number of aromatic amines is 1. The van der Waals surface area contributed by atoms with Gasteiger partial charge in [0.2, 0.25) is 0 Å². The Hall–Kier alpha value is -3.61. The van der Waals surface area contributed by atoms with Crippen molar-refractivity contribution >= 4 is 17.8 Å². The molecule has 1 aliphatic carbocycles. The van der Waals surface area contributed by atoms with E-state index in [1.807, 2.05) is 50.2 Å². The average molecular weight is 415 g/mol. The molecule has 0 unspecified atom stereocenters. The first kappa shape index (κ1) is 19.4. The largest absolute Gasteiger partial charge is 0.335 e. The molecule has 7 nitrogen and oxygen atoms in total. The second kappa shape index (κ2) is 7.27. The molecule has 3 aromatic rings. The minimum atomic E-state index is -0.556. The maximum absolute atomic E-state index is 13.1. The third-order valence-electron chi connectivity index (χ3n) is 6.31. The van der Waals surface area contributed by atoms with Crippen molar-refractivity contribution < 1.29 is 9.59 Å². The molecular formula is C24H25N5O2. The lowest BCUT2D eigenvalue weighted by molar-refractivity contribution is 0.102. The van der Waals surface area contributed by atoms with Crippen LogP contribution >= 0.6 is 0 Å². The van der Waals surface area contributed by atoms with Crippen molar-refractivity contribution in [3.63, 3.8) is 0 Å². The van der Waals surface area contributed by atoms with E-state index in [0.29, 0.717) is 23.8 Å². The van der Waals surface area contributed by atoms with Gasteiger partial charge in [0.1, 0.15) is 0 Å². The van der Waals surface area contributed by atoms with Crippen molar-refractivity contribution in [3.8, 4) is 0 Å². The molecule has 2 aromatic carbocycles. The van der Waals surface area contributed by atoms with Crippen LogP contribution in [0, 0.1) is 0 Å². The van der Waals surface area contributed by atoms with E-state index in [1.54, 1.807) is 17.0 Å². The molecule has 31 heavy (non-hydrogen) atoms. The van der Waals surface area contributed by atoms with E-state index >= 15 is 0 Å². The topological polar surface area (TPSA) is 90.1 Å². The molecule has 1 saturated carbocycles. The number of amides is 3. The summed E-state index contributed by atoms with van der Waals surface area (Å²) in [7, 11) is 0. The van der Waals surface area contributed by atoms with Crippen LogP contribution in [0.3, 0.4) is 0 Å². The predicted octanol–water partition coefficient (Wildman–Crippen LogP) is 3.98. The summed E-state index contributed by atoms with van der Waals surface area (Å²) in [6, 6.07) is 19.3. The maximum atomic E-state index is 13.1. The third-order valence-corrected chi connectivity index (χ3v) is 6.31. The molecule has 1 aromatic heterocycles. The summed E-state index contributed by atoms with van der Waals surface area (Å²) in [5, 5.41) is 13.4. The third kappa shape index (κ3) is 3.46. The zero-order valence-corrected chi connectivity index (χ0v) is 17.6. The van der Waals surface area contributed by atoms with E-state index in [1.165, 1.54) is 5.56 Å². The average Bonchev–Trinajstić information content (AvgIpc) is 3.33. The number of aromatic nitrogens is 2. The van der Waals surface area contributed by atoms with Gasteiger partial charge in [0.25, 0.3) is 5.91 Å². The molecule has 3 N–H and O–H groups in total. The van der Waals surface area contributed by atoms with Gasteiger partial charge < -0.3 is 15.5 Å². The summed E-state index contributed by atoms with van der Waals surface area (Å²) in [4.78, 5) is 27.5. The molecule has 2 heterocycles. The number of nitrogens with zero attached hydrogens (tertiary/aromatic N) is 2. The number of carbonyl (C=O) groups excluding carboxylic acids is 2. The van der Waals surface area contributed by atoms with Crippen LogP contribution < -0.4 is 10.6 Å². The molecule has 0 radical (unpaired) electrons. The van der Waals surface area contributed by atoms with Crippen molar-refractivity contribution in [2.45, 2.75) is 44.3 Å². The Morgan fingerprint density at radius 1 is 1.06 bits per heavy atom.